The fourth-order valence-corrected chi connectivity index (χ4v) is 4.85. The number of unbranched alkanes of at least 4 members (excludes halogenated alkanes) is 22. The molecule has 12 heteroatoms. The van der Waals surface area contributed by atoms with Crippen LogP contribution in [0.2, 0.25) is 0 Å². The summed E-state index contributed by atoms with van der Waals surface area (Å²) in [5.41, 5.74) is 0. The summed E-state index contributed by atoms with van der Waals surface area (Å²) in [4.78, 5) is 0. The van der Waals surface area contributed by atoms with Crippen molar-refractivity contribution < 1.29 is 44.0 Å². The smallest absolute Gasteiger partial charge is 0.394 e. The van der Waals surface area contributed by atoms with Crippen molar-refractivity contribution in [3.8, 4) is 0 Å². The topological polar surface area (TPSA) is 155 Å². The van der Waals surface area contributed by atoms with Gasteiger partial charge >= 0.3 is 10.4 Å². The molecule has 0 rings (SSSR count). The fourth-order valence-electron chi connectivity index (χ4n) is 4.85. The highest BCUT2D eigenvalue weighted by Crippen LogP contribution is 2.13. The van der Waals surface area contributed by atoms with Crippen LogP contribution >= 0.6 is 0 Å². The molecule has 0 aromatic heterocycles. The lowest BCUT2D eigenvalue weighted by Gasteiger charge is -2.23. The van der Waals surface area contributed by atoms with Crippen LogP contribution in [0.25, 0.3) is 0 Å². The summed E-state index contributed by atoms with van der Waals surface area (Å²) in [7, 11) is 3.90. The number of nitrogens with zero attached hydrogens (tertiary/aromatic N) is 2. The summed E-state index contributed by atoms with van der Waals surface area (Å²) in [6.07, 6.45) is 34.8. The second-order valence-corrected chi connectivity index (χ2v) is 16.4. The highest BCUT2D eigenvalue weighted by Gasteiger charge is 2.06. The Morgan fingerprint density at radius 3 is 0.652 bits per heavy atom. The van der Waals surface area contributed by atoms with Crippen molar-refractivity contribution >= 4 is 20.8 Å². The molecule has 0 saturated heterocycles. The van der Waals surface area contributed by atoms with Gasteiger partial charge in [-0.1, -0.05) is 142 Å². The van der Waals surface area contributed by atoms with E-state index in [9.17, 15) is 0 Å². The van der Waals surface area contributed by atoms with Gasteiger partial charge < -0.3 is 18.1 Å². The molecule has 0 aliphatic carbocycles. The molecule has 0 aliphatic heterocycles. The molecule has 0 aromatic carbocycles. The van der Waals surface area contributed by atoms with E-state index in [1.54, 1.807) is 0 Å². The van der Waals surface area contributed by atoms with Crippen molar-refractivity contribution in [2.75, 3.05) is 55.4 Å². The average Bonchev–Trinajstić information content (AvgIpc) is 2.87. The zero-order valence-corrected chi connectivity index (χ0v) is 33.1. The molecular weight excluding hydrogens is 629 g/mol. The fraction of sp³-hybridized carbons (Fsp3) is 1.00. The summed E-state index contributed by atoms with van der Waals surface area (Å²) in [6, 6.07) is 0. The molecule has 0 saturated carbocycles. The minimum atomic E-state index is -5.17. The highest BCUT2D eigenvalue weighted by atomic mass is 32.3. The van der Waals surface area contributed by atoms with Crippen molar-refractivity contribution in [1.29, 1.82) is 0 Å². The van der Waals surface area contributed by atoms with Crippen LogP contribution in [0.15, 0.2) is 0 Å². The van der Waals surface area contributed by atoms with E-state index in [0.717, 1.165) is 8.97 Å². The summed E-state index contributed by atoms with van der Waals surface area (Å²) >= 11 is 0. The molecule has 10 nitrogen and oxygen atoms in total. The van der Waals surface area contributed by atoms with Crippen LogP contribution in [0.5, 0.6) is 0 Å². The number of hydrogen-bond donors (Lipinski definition) is 2. The van der Waals surface area contributed by atoms with E-state index in [4.69, 9.17) is 35.0 Å². The highest BCUT2D eigenvalue weighted by molar-refractivity contribution is 7.80. The summed E-state index contributed by atoms with van der Waals surface area (Å²) in [6.45, 7) is 7.24. The van der Waals surface area contributed by atoms with E-state index in [1.807, 2.05) is 0 Å². The zero-order chi connectivity index (χ0) is 36.4. The molecule has 0 fully saturated rings. The second-order valence-electron chi connectivity index (χ2n) is 14.7. The van der Waals surface area contributed by atoms with Gasteiger partial charge in [-0.15, -0.1) is 0 Å². The predicted molar refractivity (Wildman–Crippen MR) is 193 cm³/mol. The zero-order valence-electron chi connectivity index (χ0n) is 31.4. The van der Waals surface area contributed by atoms with E-state index in [-0.39, 0.29) is 0 Å². The lowest BCUT2D eigenvalue weighted by Crippen LogP contribution is -2.35. The van der Waals surface area contributed by atoms with Gasteiger partial charge in [-0.2, -0.15) is 8.42 Å². The van der Waals surface area contributed by atoms with Gasteiger partial charge in [-0.3, -0.25) is 17.5 Å². The molecule has 2 N–H and O–H groups in total. The molecule has 0 atom stereocenters. The first-order chi connectivity index (χ1) is 21.1. The molecule has 0 amide bonds. The monoisotopic (exact) mass is 707 g/mol. The van der Waals surface area contributed by atoms with Gasteiger partial charge in [0.15, 0.2) is 0 Å². The van der Waals surface area contributed by atoms with Crippen LogP contribution in [0.3, 0.4) is 0 Å². The molecule has 0 radical (unpaired) electrons. The van der Waals surface area contributed by atoms with Crippen molar-refractivity contribution in [2.45, 2.75) is 168 Å². The summed E-state index contributed by atoms with van der Waals surface area (Å²) < 4.78 is 67.9. The Balaban J connectivity index is -0.000000299. The van der Waals surface area contributed by atoms with E-state index in [2.05, 4.69) is 56.1 Å². The first kappa shape index (κ1) is 52.5. The van der Waals surface area contributed by atoms with Gasteiger partial charge in [-0.25, -0.2) is 0 Å². The average molecular weight is 707 g/mol. The number of rotatable bonds is 26. The second kappa shape index (κ2) is 34.5. The molecule has 0 aromatic rings. The van der Waals surface area contributed by atoms with Crippen molar-refractivity contribution in [3.63, 3.8) is 0 Å². The third-order valence-electron chi connectivity index (χ3n) is 7.36. The molecule has 0 bridgehead atoms. The van der Waals surface area contributed by atoms with E-state index in [1.165, 1.54) is 167 Å². The van der Waals surface area contributed by atoms with Gasteiger partial charge in [-0.05, 0) is 25.7 Å². The maximum Gasteiger partial charge on any atom is 0.394 e. The Labute approximate surface area is 287 Å². The maximum absolute atomic E-state index is 8.74. The van der Waals surface area contributed by atoms with Crippen LogP contribution in [0.4, 0.5) is 0 Å². The van der Waals surface area contributed by atoms with Gasteiger partial charge in [0.05, 0.1) is 55.4 Å². The standard InChI is InChI=1S/C19H42N.C15H34N.2H2O4S/c1-5-6-7-8-9-10-11-12-13-14-15-16-17-18-19-20(2,3)4;1-5-6-7-8-9-10-11-12-13-14-15-16(2,3)4;2*1-5(2,3)4/h5-19H2,1-4H3;5-15H2,1-4H3;2*(H2,1,2,3,4)/q2*+1;;/p-2. The van der Waals surface area contributed by atoms with E-state index in [0.29, 0.717) is 0 Å². The van der Waals surface area contributed by atoms with Crippen molar-refractivity contribution in [1.82, 2.24) is 0 Å². The quantitative estimate of drug-likeness (QED) is 0.0391. The van der Waals surface area contributed by atoms with E-state index >= 15 is 0 Å². The summed E-state index contributed by atoms with van der Waals surface area (Å²) in [5, 5.41) is 0. The molecule has 0 unspecified atom stereocenters. The van der Waals surface area contributed by atoms with Gasteiger partial charge in [0.1, 0.15) is 0 Å². The molecule has 0 heterocycles. The van der Waals surface area contributed by atoms with Gasteiger partial charge in [0, 0.05) is 10.4 Å². The number of hydrogen-bond acceptors (Lipinski definition) is 6. The van der Waals surface area contributed by atoms with Crippen LogP contribution in [0.1, 0.15) is 168 Å². The van der Waals surface area contributed by atoms with Crippen LogP contribution in [-0.2, 0) is 20.8 Å². The molecular formula is C34H78N2O8S2. The molecule has 0 spiro atoms. The molecule has 0 aliphatic rings. The number of quaternary nitrogens is 2. The minimum Gasteiger partial charge on any atom is -0.759 e. The summed E-state index contributed by atoms with van der Waals surface area (Å²) in [5.74, 6) is 0. The van der Waals surface area contributed by atoms with Gasteiger partial charge in [0.25, 0.3) is 0 Å². The molecule has 284 valence electrons. The Hall–Kier alpha value is -0.340. The van der Waals surface area contributed by atoms with Crippen LogP contribution in [0, 0.1) is 0 Å². The molecule has 46 heavy (non-hydrogen) atoms. The Bertz CT molecular complexity index is 764. The van der Waals surface area contributed by atoms with Gasteiger partial charge in [0.2, 0.25) is 0 Å². The lowest BCUT2D eigenvalue weighted by atomic mass is 10.0. The largest absolute Gasteiger partial charge is 0.759 e. The van der Waals surface area contributed by atoms with Crippen molar-refractivity contribution in [3.05, 3.63) is 0 Å². The first-order valence-corrected chi connectivity index (χ1v) is 20.8. The first-order valence-electron chi connectivity index (χ1n) is 18.1. The Kier molecular flexibility index (Phi) is 39.4. The normalized spacial score (nSPS) is 11.9. The predicted octanol–water partition coefficient (Wildman–Crippen LogP) is 8.80. The van der Waals surface area contributed by atoms with Crippen LogP contribution < -0.4 is 0 Å². The maximum atomic E-state index is 8.74. The van der Waals surface area contributed by atoms with E-state index < -0.39 is 20.8 Å². The third kappa shape index (κ3) is 90.3. The van der Waals surface area contributed by atoms with Crippen molar-refractivity contribution in [2.24, 2.45) is 0 Å². The Morgan fingerprint density at radius 2 is 0.522 bits per heavy atom. The Morgan fingerprint density at radius 1 is 0.391 bits per heavy atom. The minimum absolute atomic E-state index is 1.12. The SMILES string of the molecule is CCCCCCCCCCCCCCCC[N+](C)(C)C.CCCCCCCCCCCC[N+](C)(C)C.O=S(=O)(O)O.O=S(=O)([O-])[O-]. The third-order valence-corrected chi connectivity index (χ3v) is 7.36. The lowest BCUT2D eigenvalue weighted by molar-refractivity contribution is -0.870. The van der Waals surface area contributed by atoms with Crippen LogP contribution in [-0.4, -0.2) is 99.4 Å².